The predicted molar refractivity (Wildman–Crippen MR) is 271 cm³/mol. The van der Waals surface area contributed by atoms with E-state index in [4.69, 9.17) is 4.74 Å². The number of hydrogen-bond donors (Lipinski definition) is 0. The summed E-state index contributed by atoms with van der Waals surface area (Å²) in [4.78, 5) is 2.34. The monoisotopic (exact) mass is 829 g/mol. The van der Waals surface area contributed by atoms with E-state index >= 15 is 0 Å². The summed E-state index contributed by atoms with van der Waals surface area (Å²) in [6.45, 7) is 4.49. The molecule has 0 bridgehead atoms. The van der Waals surface area contributed by atoms with Crippen LogP contribution in [0.5, 0.6) is 5.75 Å². The highest BCUT2D eigenvalue weighted by Gasteiger charge is 2.52. The Hall–Kier alpha value is -8.46. The molecule has 1 aliphatic carbocycles. The number of benzene rings is 10. The van der Waals surface area contributed by atoms with Crippen molar-refractivity contribution in [2.24, 2.45) is 0 Å². The zero-order valence-corrected chi connectivity index (χ0v) is 35.7. The second kappa shape index (κ2) is 15.7. The molecule has 1 spiro atoms. The topological polar surface area (TPSA) is 12.5 Å². The van der Waals surface area contributed by atoms with Gasteiger partial charge in [0, 0.05) is 39.1 Å². The molecule has 2 aliphatic rings. The highest BCUT2D eigenvalue weighted by molar-refractivity contribution is 5.99. The van der Waals surface area contributed by atoms with Gasteiger partial charge in [-0.3, -0.25) is 0 Å². The first-order valence-corrected chi connectivity index (χ1v) is 22.3. The van der Waals surface area contributed by atoms with Gasteiger partial charge < -0.3 is 9.64 Å². The van der Waals surface area contributed by atoms with Crippen molar-refractivity contribution >= 4 is 33.6 Å². The average molecular weight is 830 g/mol. The van der Waals surface area contributed by atoms with Crippen molar-refractivity contribution in [3.8, 4) is 50.3 Å². The van der Waals surface area contributed by atoms with Crippen molar-refractivity contribution in [3.05, 3.63) is 283 Å². The Labute approximate surface area is 380 Å². The zero-order valence-electron chi connectivity index (χ0n) is 35.7. The number of ether oxygens (including phenoxy) is 1. The van der Waals surface area contributed by atoms with Crippen molar-refractivity contribution in [3.63, 3.8) is 0 Å². The largest absolute Gasteiger partial charge is 0.455 e. The predicted octanol–water partition coefficient (Wildman–Crippen LogP) is 16.6. The number of hydrogen-bond acceptors (Lipinski definition) is 2. The zero-order chi connectivity index (χ0) is 43.3. The van der Waals surface area contributed by atoms with E-state index < -0.39 is 5.41 Å². The third kappa shape index (κ3) is 6.25. The maximum absolute atomic E-state index is 7.10. The van der Waals surface area contributed by atoms with E-state index in [-0.39, 0.29) is 0 Å². The van der Waals surface area contributed by atoms with Gasteiger partial charge in [0.05, 0.1) is 5.41 Å². The van der Waals surface area contributed by atoms with Crippen LogP contribution in [0.1, 0.15) is 22.3 Å². The van der Waals surface area contributed by atoms with Gasteiger partial charge in [-0.25, -0.2) is 0 Å². The van der Waals surface area contributed by atoms with Gasteiger partial charge in [0.25, 0.3) is 0 Å². The molecule has 0 aromatic heterocycles. The average Bonchev–Trinajstić information content (AvgIpc) is 3.67. The fourth-order valence-electron chi connectivity index (χ4n) is 10.3. The van der Waals surface area contributed by atoms with Crippen LogP contribution in [0.3, 0.4) is 0 Å². The Bertz CT molecular complexity index is 3340. The maximum Gasteiger partial charge on any atom is 0.140 e. The Kier molecular flexibility index (Phi) is 9.24. The van der Waals surface area contributed by atoms with Gasteiger partial charge in [-0.1, -0.05) is 213 Å². The van der Waals surface area contributed by atoms with Gasteiger partial charge in [0.15, 0.2) is 0 Å². The van der Waals surface area contributed by atoms with E-state index in [9.17, 15) is 0 Å². The standard InChI is InChI=1S/C63H43NO/c1-2-57-61(49-21-10-5-11-22-49)65-62-54-23-13-12-20-48(54)32-41-60(62)63(57)58-25-15-14-24-55(58)56-42-50(33-40-59(56)63)47-30-38-53(39-31-47)64(51-34-26-45(27-35-51)43-16-6-3-7-17-43)52-36-28-46(29-37-52)44-18-8-4-9-19-44/h2-42H,1H2. The third-order valence-corrected chi connectivity index (χ3v) is 13.3. The number of allylic oxidation sites excluding steroid dienone is 2. The lowest BCUT2D eigenvalue weighted by Gasteiger charge is -2.40. The molecule has 1 unspecified atom stereocenters. The van der Waals surface area contributed by atoms with E-state index in [0.717, 1.165) is 67.2 Å². The van der Waals surface area contributed by atoms with Crippen molar-refractivity contribution < 1.29 is 4.74 Å². The second-order valence-electron chi connectivity index (χ2n) is 16.8. The molecule has 0 saturated carbocycles. The van der Waals surface area contributed by atoms with E-state index in [1.54, 1.807) is 0 Å². The lowest BCUT2D eigenvalue weighted by atomic mass is 9.64. The molecule has 0 radical (unpaired) electrons. The minimum atomic E-state index is -0.647. The molecular formula is C63H43NO. The van der Waals surface area contributed by atoms with E-state index in [2.05, 4.69) is 254 Å². The molecule has 0 amide bonds. The molecule has 65 heavy (non-hydrogen) atoms. The van der Waals surface area contributed by atoms with Crippen LogP contribution in [-0.4, -0.2) is 0 Å². The SMILES string of the molecule is C=CC1=C(c2ccccc2)Oc2c(ccc3ccccc23)C12c1ccccc1-c1cc(-c3ccc(N(c4ccc(-c5ccccc5)cc4)c4ccc(-c5ccccc5)cc4)cc3)ccc12. The number of anilines is 3. The van der Waals surface area contributed by atoms with Crippen LogP contribution in [0.4, 0.5) is 17.1 Å². The lowest BCUT2D eigenvalue weighted by Crippen LogP contribution is -2.34. The second-order valence-corrected chi connectivity index (χ2v) is 16.8. The van der Waals surface area contributed by atoms with Gasteiger partial charge >= 0.3 is 0 Å². The molecule has 0 saturated heterocycles. The van der Waals surface area contributed by atoms with Gasteiger partial charge in [0.1, 0.15) is 11.5 Å². The summed E-state index contributed by atoms with van der Waals surface area (Å²) in [7, 11) is 0. The van der Waals surface area contributed by atoms with Crippen LogP contribution in [0, 0.1) is 0 Å². The number of nitrogens with zero attached hydrogens (tertiary/aromatic N) is 1. The third-order valence-electron chi connectivity index (χ3n) is 13.3. The Balaban J connectivity index is 0.978. The molecule has 306 valence electrons. The Morgan fingerprint density at radius 2 is 0.815 bits per heavy atom. The molecule has 10 aromatic carbocycles. The molecule has 1 heterocycles. The summed E-state index contributed by atoms with van der Waals surface area (Å²) in [5.41, 5.74) is 17.8. The molecule has 2 heteroatoms. The molecule has 2 nitrogen and oxygen atoms in total. The van der Waals surface area contributed by atoms with Crippen LogP contribution in [0.2, 0.25) is 0 Å². The molecule has 1 atom stereocenters. The molecule has 0 N–H and O–H groups in total. The van der Waals surface area contributed by atoms with Gasteiger partial charge in [-0.05, 0) is 103 Å². The van der Waals surface area contributed by atoms with Crippen LogP contribution < -0.4 is 9.64 Å². The quantitative estimate of drug-likeness (QED) is 0.151. The van der Waals surface area contributed by atoms with Gasteiger partial charge in [0.2, 0.25) is 0 Å². The van der Waals surface area contributed by atoms with E-state index in [1.165, 1.54) is 44.5 Å². The highest BCUT2D eigenvalue weighted by atomic mass is 16.5. The normalized spacial score (nSPS) is 14.6. The summed E-state index contributed by atoms with van der Waals surface area (Å²) in [6, 6.07) is 87.4. The van der Waals surface area contributed by atoms with Gasteiger partial charge in [-0.15, -0.1) is 0 Å². The Morgan fingerprint density at radius 1 is 0.369 bits per heavy atom. The van der Waals surface area contributed by atoms with Crippen molar-refractivity contribution in [1.82, 2.24) is 0 Å². The first-order chi connectivity index (χ1) is 32.2. The fourth-order valence-corrected chi connectivity index (χ4v) is 10.3. The smallest absolute Gasteiger partial charge is 0.140 e. The van der Waals surface area contributed by atoms with Gasteiger partial charge in [-0.2, -0.15) is 0 Å². The number of fused-ring (bicyclic) bond motifs is 9. The minimum absolute atomic E-state index is 0.647. The first kappa shape index (κ1) is 38.2. The first-order valence-electron chi connectivity index (χ1n) is 22.3. The summed E-state index contributed by atoms with van der Waals surface area (Å²) in [5, 5.41) is 2.24. The van der Waals surface area contributed by atoms with Crippen LogP contribution >= 0.6 is 0 Å². The molecule has 1 aliphatic heterocycles. The highest BCUT2D eigenvalue weighted by Crippen LogP contribution is 2.62. The molecule has 0 fully saturated rings. The molecular weight excluding hydrogens is 787 g/mol. The summed E-state index contributed by atoms with van der Waals surface area (Å²) >= 11 is 0. The molecule has 12 rings (SSSR count). The molecule has 10 aromatic rings. The van der Waals surface area contributed by atoms with Crippen molar-refractivity contribution in [2.45, 2.75) is 5.41 Å². The van der Waals surface area contributed by atoms with Crippen LogP contribution in [0.15, 0.2) is 261 Å². The summed E-state index contributed by atoms with van der Waals surface area (Å²) in [5.74, 6) is 1.73. The van der Waals surface area contributed by atoms with Crippen LogP contribution in [0.25, 0.3) is 61.0 Å². The lowest BCUT2D eigenvalue weighted by molar-refractivity contribution is 0.476. The summed E-state index contributed by atoms with van der Waals surface area (Å²) < 4.78 is 7.10. The van der Waals surface area contributed by atoms with E-state index in [0.29, 0.717) is 0 Å². The summed E-state index contributed by atoms with van der Waals surface area (Å²) in [6.07, 6.45) is 2.02. The fraction of sp³-hybridized carbons (Fsp3) is 0.0159. The van der Waals surface area contributed by atoms with Crippen LogP contribution in [-0.2, 0) is 5.41 Å². The van der Waals surface area contributed by atoms with Crippen molar-refractivity contribution in [2.75, 3.05) is 4.90 Å². The van der Waals surface area contributed by atoms with Crippen molar-refractivity contribution in [1.29, 1.82) is 0 Å². The van der Waals surface area contributed by atoms with E-state index in [1.807, 2.05) is 6.08 Å². The number of rotatable bonds is 8. The Morgan fingerprint density at radius 3 is 1.40 bits per heavy atom. The minimum Gasteiger partial charge on any atom is -0.455 e. The maximum atomic E-state index is 7.10.